The van der Waals surface area contributed by atoms with Gasteiger partial charge in [0, 0.05) is 26.2 Å². The van der Waals surface area contributed by atoms with Gasteiger partial charge in [0.2, 0.25) is 10.0 Å². The van der Waals surface area contributed by atoms with Crippen LogP contribution in [0.15, 0.2) is 23.1 Å². The van der Waals surface area contributed by atoms with Crippen molar-refractivity contribution in [3.8, 4) is 0 Å². The Balaban J connectivity index is 1.40. The summed E-state index contributed by atoms with van der Waals surface area (Å²) in [5, 5.41) is 0. The average Bonchev–Trinajstić information content (AvgIpc) is 3.34. The van der Waals surface area contributed by atoms with Gasteiger partial charge in [0.15, 0.2) is 0 Å². The maximum Gasteiger partial charge on any atom is 0.251 e. The molecule has 6 nitrogen and oxygen atoms in total. The fourth-order valence-electron chi connectivity index (χ4n) is 4.51. The first-order valence-corrected chi connectivity index (χ1v) is 11.5. The van der Waals surface area contributed by atoms with Gasteiger partial charge in [0.05, 0.1) is 10.5 Å². The molecular formula is C20H27FN2O4S. The Morgan fingerprint density at radius 2 is 1.82 bits per heavy atom. The molecule has 1 atom stereocenters. The van der Waals surface area contributed by atoms with Crippen LogP contribution >= 0.6 is 0 Å². The first-order chi connectivity index (χ1) is 13.3. The monoisotopic (exact) mass is 410 g/mol. The van der Waals surface area contributed by atoms with Gasteiger partial charge in [-0.05, 0) is 63.1 Å². The molecule has 3 fully saturated rings. The maximum atomic E-state index is 13.8. The van der Waals surface area contributed by atoms with E-state index in [2.05, 4.69) is 0 Å². The molecule has 3 aliphatic rings. The van der Waals surface area contributed by atoms with Gasteiger partial charge in [-0.1, -0.05) is 6.07 Å². The minimum absolute atomic E-state index is 0.0130. The highest BCUT2D eigenvalue weighted by Crippen LogP contribution is 2.40. The van der Waals surface area contributed by atoms with Crippen molar-refractivity contribution < 1.29 is 22.3 Å². The van der Waals surface area contributed by atoms with Crippen LogP contribution in [-0.2, 0) is 19.6 Å². The fourth-order valence-corrected chi connectivity index (χ4v) is 5.97. The van der Waals surface area contributed by atoms with E-state index in [0.717, 1.165) is 38.4 Å². The number of ether oxygens (including phenoxy) is 1. The molecule has 0 aliphatic carbocycles. The van der Waals surface area contributed by atoms with Crippen LogP contribution in [0, 0.1) is 12.7 Å². The number of nitrogens with zero attached hydrogens (tertiary/aromatic N) is 2. The topological polar surface area (TPSA) is 66.9 Å². The number of benzene rings is 1. The summed E-state index contributed by atoms with van der Waals surface area (Å²) in [6.45, 7) is 3.87. The number of likely N-dealkylation sites (tertiary alicyclic amines) is 1. The summed E-state index contributed by atoms with van der Waals surface area (Å²) in [5.41, 5.74) is 0.00883. The zero-order valence-corrected chi connectivity index (χ0v) is 17.0. The Morgan fingerprint density at radius 3 is 2.46 bits per heavy atom. The molecule has 154 valence electrons. The highest BCUT2D eigenvalue weighted by Gasteiger charge is 2.47. The molecule has 3 saturated heterocycles. The molecule has 8 heteroatoms. The van der Waals surface area contributed by atoms with E-state index >= 15 is 0 Å². The molecular weight excluding hydrogens is 383 g/mol. The van der Waals surface area contributed by atoms with E-state index in [4.69, 9.17) is 4.74 Å². The molecule has 1 aromatic rings. The lowest BCUT2D eigenvalue weighted by Crippen LogP contribution is -2.47. The van der Waals surface area contributed by atoms with Crippen molar-refractivity contribution in [2.24, 2.45) is 0 Å². The number of aryl methyl sites for hydroxylation is 1. The first-order valence-electron chi connectivity index (χ1n) is 10.0. The Morgan fingerprint density at radius 1 is 1.14 bits per heavy atom. The summed E-state index contributed by atoms with van der Waals surface area (Å²) in [4.78, 5) is 14.5. The lowest BCUT2D eigenvalue weighted by atomic mass is 9.89. The number of carbonyl (C=O) groups is 1. The van der Waals surface area contributed by atoms with Crippen molar-refractivity contribution >= 4 is 15.9 Å². The number of rotatable bonds is 3. The second-order valence-corrected chi connectivity index (χ2v) is 10.1. The number of amides is 1. The van der Waals surface area contributed by atoms with E-state index in [1.54, 1.807) is 6.92 Å². The predicted molar refractivity (Wildman–Crippen MR) is 102 cm³/mol. The van der Waals surface area contributed by atoms with Crippen molar-refractivity contribution in [1.29, 1.82) is 0 Å². The molecule has 0 saturated carbocycles. The van der Waals surface area contributed by atoms with Gasteiger partial charge in [-0.15, -0.1) is 0 Å². The van der Waals surface area contributed by atoms with E-state index in [9.17, 15) is 17.6 Å². The number of hydrogen-bond donors (Lipinski definition) is 0. The second-order valence-electron chi connectivity index (χ2n) is 8.18. The molecule has 0 radical (unpaired) electrons. The summed E-state index contributed by atoms with van der Waals surface area (Å²) in [7, 11) is -3.73. The normalized spacial score (nSPS) is 25.5. The molecule has 3 aliphatic heterocycles. The Kier molecular flexibility index (Phi) is 5.22. The molecule has 1 aromatic carbocycles. The third kappa shape index (κ3) is 3.57. The van der Waals surface area contributed by atoms with Gasteiger partial charge in [-0.3, -0.25) is 4.79 Å². The number of piperidine rings is 1. The molecule has 4 rings (SSSR count). The Bertz CT molecular complexity index is 859. The minimum Gasteiger partial charge on any atom is -0.362 e. The summed E-state index contributed by atoms with van der Waals surface area (Å²) in [5.74, 6) is -0.434. The quantitative estimate of drug-likeness (QED) is 0.768. The summed E-state index contributed by atoms with van der Waals surface area (Å²) in [6.07, 6.45) is 4.31. The van der Waals surface area contributed by atoms with Crippen LogP contribution in [0.1, 0.15) is 44.1 Å². The van der Waals surface area contributed by atoms with E-state index in [-0.39, 0.29) is 10.8 Å². The lowest BCUT2D eigenvalue weighted by Gasteiger charge is -2.38. The fraction of sp³-hybridized carbons (Fsp3) is 0.650. The third-order valence-corrected chi connectivity index (χ3v) is 8.26. The third-order valence-electron chi connectivity index (χ3n) is 6.36. The van der Waals surface area contributed by atoms with E-state index in [1.807, 2.05) is 4.90 Å². The minimum atomic E-state index is -3.73. The summed E-state index contributed by atoms with van der Waals surface area (Å²) >= 11 is 0. The highest BCUT2D eigenvalue weighted by molar-refractivity contribution is 7.89. The van der Waals surface area contributed by atoms with Crippen LogP contribution in [0.2, 0.25) is 0 Å². The maximum absolute atomic E-state index is 13.8. The standard InChI is InChI=1S/C20H27FN2O4S/c1-15-4-5-16(14-17(15)21)28(25,26)23-12-8-20(9-13-23)7-6-18(27-20)19(24)22-10-2-3-11-22/h4-5,14,18H,2-3,6-13H2,1H3. The zero-order valence-electron chi connectivity index (χ0n) is 16.2. The van der Waals surface area contributed by atoms with Crippen molar-refractivity contribution in [3.63, 3.8) is 0 Å². The van der Waals surface area contributed by atoms with Gasteiger partial charge < -0.3 is 9.64 Å². The van der Waals surface area contributed by atoms with Gasteiger partial charge in [0.1, 0.15) is 11.9 Å². The van der Waals surface area contributed by atoms with Gasteiger partial charge in [-0.2, -0.15) is 4.31 Å². The molecule has 0 aromatic heterocycles. The van der Waals surface area contributed by atoms with E-state index < -0.39 is 27.5 Å². The molecule has 1 spiro atoms. The summed E-state index contributed by atoms with van der Waals surface area (Å²) in [6, 6.07) is 4.03. The largest absolute Gasteiger partial charge is 0.362 e. The molecule has 28 heavy (non-hydrogen) atoms. The average molecular weight is 411 g/mol. The number of sulfonamides is 1. The van der Waals surface area contributed by atoms with Crippen LogP contribution < -0.4 is 0 Å². The number of carbonyl (C=O) groups excluding carboxylic acids is 1. The van der Waals surface area contributed by atoms with Crippen LogP contribution in [0.3, 0.4) is 0 Å². The van der Waals surface area contributed by atoms with Crippen LogP contribution in [0.4, 0.5) is 4.39 Å². The predicted octanol–water partition coefficient (Wildman–Crippen LogP) is 2.46. The van der Waals surface area contributed by atoms with Crippen LogP contribution in [0.5, 0.6) is 0 Å². The van der Waals surface area contributed by atoms with Crippen molar-refractivity contribution in [3.05, 3.63) is 29.6 Å². The van der Waals surface area contributed by atoms with Gasteiger partial charge in [0.25, 0.3) is 5.91 Å². The smallest absolute Gasteiger partial charge is 0.251 e. The Labute approximate surface area is 165 Å². The molecule has 1 unspecified atom stereocenters. The first kappa shape index (κ1) is 19.8. The molecule has 0 bridgehead atoms. The summed E-state index contributed by atoms with van der Waals surface area (Å²) < 4.78 is 47.1. The lowest BCUT2D eigenvalue weighted by molar-refractivity contribution is -0.149. The molecule has 3 heterocycles. The van der Waals surface area contributed by atoms with Gasteiger partial charge in [-0.25, -0.2) is 12.8 Å². The van der Waals surface area contributed by atoms with Crippen molar-refractivity contribution in [1.82, 2.24) is 9.21 Å². The van der Waals surface area contributed by atoms with Gasteiger partial charge >= 0.3 is 0 Å². The van der Waals surface area contributed by atoms with Crippen molar-refractivity contribution in [2.45, 2.75) is 62.0 Å². The molecule has 0 N–H and O–H groups in total. The SMILES string of the molecule is Cc1ccc(S(=O)(=O)N2CCC3(CCC(C(=O)N4CCCC4)O3)CC2)cc1F. The number of hydrogen-bond acceptors (Lipinski definition) is 4. The Hall–Kier alpha value is -1.51. The van der Waals surface area contributed by atoms with Crippen LogP contribution in [0.25, 0.3) is 0 Å². The van der Waals surface area contributed by atoms with Crippen LogP contribution in [-0.4, -0.2) is 61.4 Å². The van der Waals surface area contributed by atoms with Crippen molar-refractivity contribution in [2.75, 3.05) is 26.2 Å². The van der Waals surface area contributed by atoms with E-state index in [1.165, 1.54) is 16.4 Å². The zero-order chi connectivity index (χ0) is 19.9. The second kappa shape index (κ2) is 7.39. The molecule has 1 amide bonds. The number of halogens is 1. The highest BCUT2D eigenvalue weighted by atomic mass is 32.2. The van der Waals surface area contributed by atoms with E-state index in [0.29, 0.717) is 37.9 Å².